The van der Waals surface area contributed by atoms with Gasteiger partial charge in [-0.15, -0.1) is 16.9 Å². The zero-order valence-electron chi connectivity index (χ0n) is 11.7. The molecule has 0 saturated heterocycles. The number of halogens is 2. The van der Waals surface area contributed by atoms with Gasteiger partial charge in [0, 0.05) is 11.4 Å². The molecule has 8 heteroatoms. The number of aryl methyl sites for hydroxylation is 1. The second-order valence-electron chi connectivity index (χ2n) is 4.34. The molecule has 0 atom stereocenters. The molecule has 1 aromatic carbocycles. The molecule has 2 aromatic rings. The summed E-state index contributed by atoms with van der Waals surface area (Å²) in [5.74, 6) is -0.472. The van der Waals surface area contributed by atoms with E-state index in [1.165, 1.54) is 22.5 Å². The predicted molar refractivity (Wildman–Crippen MR) is 87.8 cm³/mol. The van der Waals surface area contributed by atoms with Crippen LogP contribution in [0.2, 0.25) is 5.02 Å². The van der Waals surface area contributed by atoms with Gasteiger partial charge in [0.2, 0.25) is 5.13 Å². The average molecular weight is 348 g/mol. The molecule has 0 amide bonds. The summed E-state index contributed by atoms with van der Waals surface area (Å²) in [6.45, 7) is 2.62. The van der Waals surface area contributed by atoms with Crippen LogP contribution in [0.25, 0.3) is 0 Å². The highest BCUT2D eigenvalue weighted by Gasteiger charge is 2.11. The molecule has 0 aliphatic heterocycles. The van der Waals surface area contributed by atoms with Crippen LogP contribution in [0.1, 0.15) is 19.8 Å². The molecule has 1 aromatic heterocycles. The van der Waals surface area contributed by atoms with Crippen molar-refractivity contribution < 1.29 is 4.39 Å². The van der Waals surface area contributed by atoms with Crippen molar-refractivity contribution in [1.82, 2.24) is 9.78 Å². The van der Waals surface area contributed by atoms with Crippen molar-refractivity contribution in [1.29, 1.82) is 0 Å². The zero-order valence-corrected chi connectivity index (χ0v) is 14.0. The summed E-state index contributed by atoms with van der Waals surface area (Å²) in [4.78, 5) is 12.4. The number of hydrogen-bond acceptors (Lipinski definition) is 5. The van der Waals surface area contributed by atoms with Crippen LogP contribution < -0.4 is 10.2 Å². The molecule has 21 heavy (non-hydrogen) atoms. The van der Waals surface area contributed by atoms with Gasteiger partial charge < -0.3 is 5.32 Å². The minimum atomic E-state index is -0.472. The van der Waals surface area contributed by atoms with Crippen LogP contribution in [0.5, 0.6) is 0 Å². The van der Waals surface area contributed by atoms with Gasteiger partial charge in [-0.05, 0) is 36.1 Å². The minimum absolute atomic E-state index is 0.148. The van der Waals surface area contributed by atoms with Crippen LogP contribution in [0, 0.1) is 5.82 Å². The molecule has 0 radical (unpaired) electrons. The Balaban J connectivity index is 2.24. The molecule has 0 fully saturated rings. The van der Waals surface area contributed by atoms with E-state index in [2.05, 4.69) is 10.4 Å². The van der Waals surface area contributed by atoms with Crippen molar-refractivity contribution in [3.05, 3.63) is 32.6 Å². The first-order chi connectivity index (χ1) is 10.0. The van der Waals surface area contributed by atoms with Crippen LogP contribution >= 0.6 is 34.7 Å². The lowest BCUT2D eigenvalue weighted by atomic mass is 10.3. The largest absolute Gasteiger partial charge is 0.328 e. The average Bonchev–Trinajstić information content (AvgIpc) is 2.79. The number of unbranched alkanes of at least 4 members (excludes halogenated alkanes) is 1. The second kappa shape index (κ2) is 7.29. The number of benzene rings is 1. The van der Waals surface area contributed by atoms with Crippen molar-refractivity contribution in [3.63, 3.8) is 0 Å². The number of nitrogens with one attached hydrogen (secondary N) is 1. The summed E-state index contributed by atoms with van der Waals surface area (Å²) in [6, 6.07) is 2.87. The van der Waals surface area contributed by atoms with Gasteiger partial charge in [0.15, 0.2) is 0 Å². The van der Waals surface area contributed by atoms with Crippen molar-refractivity contribution in [2.45, 2.75) is 31.2 Å². The Morgan fingerprint density at radius 2 is 2.29 bits per heavy atom. The molecule has 0 unspecified atom stereocenters. The van der Waals surface area contributed by atoms with E-state index in [4.69, 9.17) is 11.6 Å². The molecular formula is C13H15ClFN3OS2. The highest BCUT2D eigenvalue weighted by molar-refractivity contribution is 7.98. The number of rotatable bonds is 6. The Kier molecular flexibility index (Phi) is 5.66. The molecule has 2 rings (SSSR count). The summed E-state index contributed by atoms with van der Waals surface area (Å²) in [5.41, 5.74) is 0.264. The van der Waals surface area contributed by atoms with Crippen LogP contribution in [-0.4, -0.2) is 16.0 Å². The summed E-state index contributed by atoms with van der Waals surface area (Å²) in [6.07, 6.45) is 3.73. The lowest BCUT2D eigenvalue weighted by Crippen LogP contribution is -2.14. The second-order valence-corrected chi connectivity index (χ2v) is 6.54. The topological polar surface area (TPSA) is 46.9 Å². The maximum atomic E-state index is 13.9. The molecule has 0 aliphatic rings. The zero-order chi connectivity index (χ0) is 15.4. The first kappa shape index (κ1) is 16.3. The van der Waals surface area contributed by atoms with Gasteiger partial charge in [-0.2, -0.15) is 0 Å². The van der Waals surface area contributed by atoms with E-state index in [-0.39, 0.29) is 10.6 Å². The Morgan fingerprint density at radius 3 is 2.95 bits per heavy atom. The quantitative estimate of drug-likeness (QED) is 0.788. The Hall–Kier alpha value is -1.05. The molecule has 4 nitrogen and oxygen atoms in total. The van der Waals surface area contributed by atoms with Crippen LogP contribution in [0.4, 0.5) is 15.2 Å². The normalized spacial score (nSPS) is 10.9. The van der Waals surface area contributed by atoms with Gasteiger partial charge in [-0.3, -0.25) is 4.79 Å². The first-order valence-corrected chi connectivity index (χ1v) is 8.85. The summed E-state index contributed by atoms with van der Waals surface area (Å²) in [5, 5.41) is 7.76. The van der Waals surface area contributed by atoms with E-state index >= 15 is 0 Å². The van der Waals surface area contributed by atoms with Gasteiger partial charge in [0.25, 0.3) is 0 Å². The smallest absolute Gasteiger partial charge is 0.326 e. The predicted octanol–water partition coefficient (Wildman–Crippen LogP) is 4.36. The Bertz CT molecular complexity index is 687. The fourth-order valence-corrected chi connectivity index (χ4v) is 3.28. The van der Waals surface area contributed by atoms with E-state index < -0.39 is 5.82 Å². The highest BCUT2D eigenvalue weighted by atomic mass is 35.5. The Morgan fingerprint density at radius 1 is 1.52 bits per heavy atom. The molecule has 1 heterocycles. The first-order valence-electron chi connectivity index (χ1n) is 6.43. The van der Waals surface area contributed by atoms with E-state index in [0.717, 1.165) is 29.1 Å². The number of thioether (sulfide) groups is 1. The third-order valence-electron chi connectivity index (χ3n) is 2.81. The van der Waals surface area contributed by atoms with E-state index in [0.29, 0.717) is 16.7 Å². The number of aromatic nitrogens is 2. The maximum Gasteiger partial charge on any atom is 0.326 e. The van der Waals surface area contributed by atoms with Crippen molar-refractivity contribution in [2.75, 3.05) is 11.6 Å². The third kappa shape index (κ3) is 3.99. The number of anilines is 2. The fraction of sp³-hybridized carbons (Fsp3) is 0.385. The number of hydrogen-bond donors (Lipinski definition) is 1. The van der Waals surface area contributed by atoms with Gasteiger partial charge in [-0.1, -0.05) is 24.9 Å². The van der Waals surface area contributed by atoms with Gasteiger partial charge in [0.05, 0.1) is 10.7 Å². The van der Waals surface area contributed by atoms with E-state index in [1.54, 1.807) is 6.07 Å². The molecule has 1 N–H and O–H groups in total. The standard InChI is InChI=1S/C13H15ClFN3OS2/c1-3-4-5-18-13(19)21-12(17-18)16-10-7-11(20-2)8(14)6-9(10)15/h6-7H,3-5H2,1-2H3,(H,16,17). The lowest BCUT2D eigenvalue weighted by molar-refractivity contribution is 0.560. The molecular weight excluding hydrogens is 333 g/mol. The fourth-order valence-electron chi connectivity index (χ4n) is 1.70. The lowest BCUT2D eigenvalue weighted by Gasteiger charge is -2.07. The van der Waals surface area contributed by atoms with Gasteiger partial charge in [-0.25, -0.2) is 9.07 Å². The molecule has 0 spiro atoms. The van der Waals surface area contributed by atoms with Gasteiger partial charge >= 0.3 is 4.87 Å². The van der Waals surface area contributed by atoms with E-state index in [1.807, 2.05) is 13.2 Å². The summed E-state index contributed by atoms with van der Waals surface area (Å²) < 4.78 is 15.3. The van der Waals surface area contributed by atoms with Crippen LogP contribution in [-0.2, 0) is 6.54 Å². The summed E-state index contributed by atoms with van der Waals surface area (Å²) in [7, 11) is 0. The monoisotopic (exact) mass is 347 g/mol. The molecule has 0 saturated carbocycles. The molecule has 0 bridgehead atoms. The van der Waals surface area contributed by atoms with Crippen molar-refractivity contribution in [2.24, 2.45) is 0 Å². The van der Waals surface area contributed by atoms with Crippen molar-refractivity contribution >= 4 is 45.5 Å². The highest BCUT2D eigenvalue weighted by Crippen LogP contribution is 2.32. The van der Waals surface area contributed by atoms with Gasteiger partial charge in [0.1, 0.15) is 5.82 Å². The number of nitrogens with zero attached hydrogens (tertiary/aromatic N) is 2. The SMILES string of the molecule is CCCCn1nc(Nc2cc(SC)c(Cl)cc2F)sc1=O. The summed E-state index contributed by atoms with van der Waals surface area (Å²) >= 11 is 8.33. The van der Waals surface area contributed by atoms with Crippen LogP contribution in [0.15, 0.2) is 21.8 Å². The van der Waals surface area contributed by atoms with Crippen molar-refractivity contribution in [3.8, 4) is 0 Å². The molecule has 0 aliphatic carbocycles. The third-order valence-corrected chi connectivity index (χ3v) is 4.78. The minimum Gasteiger partial charge on any atom is -0.328 e. The van der Waals surface area contributed by atoms with E-state index in [9.17, 15) is 9.18 Å². The van der Waals surface area contributed by atoms with Crippen LogP contribution in [0.3, 0.4) is 0 Å². The maximum absolute atomic E-state index is 13.9. The Labute approximate surface area is 135 Å². The molecule has 114 valence electrons.